The Bertz CT molecular complexity index is 740. The van der Waals surface area contributed by atoms with E-state index in [1.165, 1.54) is 0 Å². The quantitative estimate of drug-likeness (QED) is 0.791. The predicted octanol–water partition coefficient (Wildman–Crippen LogP) is 3.71. The second-order valence-corrected chi connectivity index (χ2v) is 5.07. The third-order valence-corrected chi connectivity index (χ3v) is 3.52. The number of hydrogen-bond donors (Lipinski definition) is 1. The normalized spacial score (nSPS) is 10.7. The summed E-state index contributed by atoms with van der Waals surface area (Å²) in [6, 6.07) is 17.5. The van der Waals surface area contributed by atoms with Crippen molar-refractivity contribution in [1.82, 2.24) is 5.32 Å². The van der Waals surface area contributed by atoms with Crippen LogP contribution in [0.1, 0.15) is 21.7 Å². The van der Waals surface area contributed by atoms with Gasteiger partial charge in [0, 0.05) is 23.9 Å². The number of furan rings is 1. The van der Waals surface area contributed by atoms with E-state index >= 15 is 0 Å². The van der Waals surface area contributed by atoms with E-state index in [0.717, 1.165) is 27.9 Å². The summed E-state index contributed by atoms with van der Waals surface area (Å²) in [6.07, 6.45) is 0.687. The van der Waals surface area contributed by atoms with Gasteiger partial charge in [-0.3, -0.25) is 4.79 Å². The molecule has 0 aliphatic carbocycles. The van der Waals surface area contributed by atoms with Gasteiger partial charge in [-0.1, -0.05) is 36.4 Å². The first-order chi connectivity index (χ1) is 10.2. The van der Waals surface area contributed by atoms with E-state index in [9.17, 15) is 4.79 Å². The number of aryl methyl sites for hydroxylation is 1. The topological polar surface area (TPSA) is 42.2 Å². The molecular weight excluding hydrogens is 262 g/mol. The summed E-state index contributed by atoms with van der Waals surface area (Å²) in [5.74, 6) is 0.852. The van der Waals surface area contributed by atoms with Crippen molar-refractivity contribution < 1.29 is 9.21 Å². The summed E-state index contributed by atoms with van der Waals surface area (Å²) in [6.45, 7) is 2.50. The molecule has 3 heteroatoms. The number of carbonyl (C=O) groups is 1. The highest BCUT2D eigenvalue weighted by Crippen LogP contribution is 2.18. The van der Waals surface area contributed by atoms with Gasteiger partial charge < -0.3 is 9.73 Å². The number of para-hydroxylation sites is 1. The van der Waals surface area contributed by atoms with Gasteiger partial charge in [0.15, 0.2) is 0 Å². The van der Waals surface area contributed by atoms with Gasteiger partial charge in [-0.05, 0) is 30.7 Å². The predicted molar refractivity (Wildman–Crippen MR) is 83.4 cm³/mol. The van der Waals surface area contributed by atoms with Crippen molar-refractivity contribution in [3.05, 3.63) is 71.5 Å². The summed E-state index contributed by atoms with van der Waals surface area (Å²) in [7, 11) is 0. The van der Waals surface area contributed by atoms with E-state index in [-0.39, 0.29) is 5.91 Å². The zero-order chi connectivity index (χ0) is 14.7. The van der Waals surface area contributed by atoms with Crippen molar-refractivity contribution in [1.29, 1.82) is 0 Å². The van der Waals surface area contributed by atoms with Crippen LogP contribution in [0.4, 0.5) is 0 Å². The number of nitrogens with one attached hydrogen (secondary N) is 1. The Morgan fingerprint density at radius 2 is 1.86 bits per heavy atom. The zero-order valence-corrected chi connectivity index (χ0v) is 11.9. The third kappa shape index (κ3) is 2.97. The number of rotatable bonds is 4. The van der Waals surface area contributed by atoms with Crippen LogP contribution in [0.15, 0.2) is 59.0 Å². The molecule has 0 saturated carbocycles. The first-order valence-electron chi connectivity index (χ1n) is 7.05. The lowest BCUT2D eigenvalue weighted by Crippen LogP contribution is -2.26. The van der Waals surface area contributed by atoms with Crippen LogP contribution in [0.5, 0.6) is 0 Å². The highest BCUT2D eigenvalue weighted by molar-refractivity contribution is 5.95. The van der Waals surface area contributed by atoms with Gasteiger partial charge in [-0.15, -0.1) is 0 Å². The molecule has 1 N–H and O–H groups in total. The maximum atomic E-state index is 12.1. The van der Waals surface area contributed by atoms with Crippen molar-refractivity contribution in [3.63, 3.8) is 0 Å². The lowest BCUT2D eigenvalue weighted by atomic mass is 10.1. The number of carbonyl (C=O) groups excluding carboxylic acids is 1. The largest absolute Gasteiger partial charge is 0.461 e. The number of hydrogen-bond acceptors (Lipinski definition) is 2. The Kier molecular flexibility index (Phi) is 3.73. The SMILES string of the molecule is Cc1ccccc1C(=O)NCCc1cc2ccccc2o1. The minimum absolute atomic E-state index is 0.0378. The second-order valence-electron chi connectivity index (χ2n) is 5.07. The van der Waals surface area contributed by atoms with Crippen LogP contribution in [0, 0.1) is 6.92 Å². The molecule has 0 unspecified atom stereocenters. The maximum Gasteiger partial charge on any atom is 0.251 e. The molecule has 0 radical (unpaired) electrons. The minimum atomic E-state index is -0.0378. The molecule has 0 aliphatic rings. The van der Waals surface area contributed by atoms with Gasteiger partial charge in [0.1, 0.15) is 11.3 Å². The fourth-order valence-corrected chi connectivity index (χ4v) is 2.38. The lowest BCUT2D eigenvalue weighted by Gasteiger charge is -2.06. The summed E-state index contributed by atoms with van der Waals surface area (Å²) < 4.78 is 5.73. The molecule has 1 aromatic heterocycles. The van der Waals surface area contributed by atoms with Crippen LogP contribution in [-0.4, -0.2) is 12.5 Å². The molecule has 0 fully saturated rings. The summed E-state index contributed by atoms with van der Waals surface area (Å²) in [5, 5.41) is 4.03. The van der Waals surface area contributed by atoms with Crippen molar-refractivity contribution in [2.45, 2.75) is 13.3 Å². The van der Waals surface area contributed by atoms with E-state index in [2.05, 4.69) is 5.32 Å². The molecule has 1 amide bonds. The second kappa shape index (κ2) is 5.83. The first-order valence-corrected chi connectivity index (χ1v) is 7.05. The van der Waals surface area contributed by atoms with Crippen LogP contribution in [0.2, 0.25) is 0 Å². The molecule has 21 heavy (non-hydrogen) atoms. The van der Waals surface area contributed by atoms with E-state index in [1.54, 1.807) is 0 Å². The average molecular weight is 279 g/mol. The molecule has 0 bridgehead atoms. The van der Waals surface area contributed by atoms with Crippen LogP contribution in [0.25, 0.3) is 11.0 Å². The van der Waals surface area contributed by atoms with Gasteiger partial charge >= 0.3 is 0 Å². The number of amides is 1. The van der Waals surface area contributed by atoms with Crippen LogP contribution in [0.3, 0.4) is 0 Å². The third-order valence-electron chi connectivity index (χ3n) is 3.52. The van der Waals surface area contributed by atoms with Gasteiger partial charge in [-0.2, -0.15) is 0 Å². The fraction of sp³-hybridized carbons (Fsp3) is 0.167. The molecule has 1 heterocycles. The monoisotopic (exact) mass is 279 g/mol. The molecular formula is C18H17NO2. The van der Waals surface area contributed by atoms with E-state index < -0.39 is 0 Å². The summed E-state index contributed by atoms with van der Waals surface area (Å²) in [5.41, 5.74) is 2.60. The molecule has 0 saturated heterocycles. The van der Waals surface area contributed by atoms with Gasteiger partial charge in [0.2, 0.25) is 0 Å². The summed E-state index contributed by atoms with van der Waals surface area (Å²) >= 11 is 0. The Morgan fingerprint density at radius 3 is 2.67 bits per heavy atom. The maximum absolute atomic E-state index is 12.1. The van der Waals surface area contributed by atoms with Crippen LogP contribution in [-0.2, 0) is 6.42 Å². The van der Waals surface area contributed by atoms with Gasteiger partial charge in [-0.25, -0.2) is 0 Å². The Labute approximate surface area is 123 Å². The van der Waals surface area contributed by atoms with E-state index in [1.807, 2.05) is 61.5 Å². The molecule has 3 nitrogen and oxygen atoms in total. The number of fused-ring (bicyclic) bond motifs is 1. The Balaban J connectivity index is 1.61. The molecule has 3 aromatic rings. The molecule has 0 spiro atoms. The summed E-state index contributed by atoms with van der Waals surface area (Å²) in [4.78, 5) is 12.1. The minimum Gasteiger partial charge on any atom is -0.461 e. The molecule has 0 atom stereocenters. The van der Waals surface area contributed by atoms with Crippen molar-refractivity contribution in [2.24, 2.45) is 0 Å². The van der Waals surface area contributed by atoms with Crippen molar-refractivity contribution in [3.8, 4) is 0 Å². The lowest BCUT2D eigenvalue weighted by molar-refractivity contribution is 0.0953. The van der Waals surface area contributed by atoms with Crippen molar-refractivity contribution >= 4 is 16.9 Å². The standard InChI is InChI=1S/C18H17NO2/c1-13-6-2-4-8-16(13)18(20)19-11-10-15-12-14-7-3-5-9-17(14)21-15/h2-9,12H,10-11H2,1H3,(H,19,20). The fourth-order valence-electron chi connectivity index (χ4n) is 2.38. The zero-order valence-electron chi connectivity index (χ0n) is 11.9. The molecule has 3 rings (SSSR count). The number of benzene rings is 2. The average Bonchev–Trinajstić information content (AvgIpc) is 2.90. The molecule has 0 aliphatic heterocycles. The Morgan fingerprint density at radius 1 is 1.10 bits per heavy atom. The van der Waals surface area contributed by atoms with Crippen LogP contribution >= 0.6 is 0 Å². The van der Waals surface area contributed by atoms with Crippen LogP contribution < -0.4 is 5.32 Å². The highest BCUT2D eigenvalue weighted by Gasteiger charge is 2.08. The van der Waals surface area contributed by atoms with E-state index in [4.69, 9.17) is 4.42 Å². The molecule has 2 aromatic carbocycles. The molecule has 106 valence electrons. The first kappa shape index (κ1) is 13.4. The Hall–Kier alpha value is -2.55. The van der Waals surface area contributed by atoms with Gasteiger partial charge in [0.05, 0.1) is 0 Å². The smallest absolute Gasteiger partial charge is 0.251 e. The highest BCUT2D eigenvalue weighted by atomic mass is 16.3. The van der Waals surface area contributed by atoms with E-state index in [0.29, 0.717) is 13.0 Å². The van der Waals surface area contributed by atoms with Gasteiger partial charge in [0.25, 0.3) is 5.91 Å². The van der Waals surface area contributed by atoms with Crippen molar-refractivity contribution in [2.75, 3.05) is 6.54 Å².